The van der Waals surface area contributed by atoms with E-state index in [2.05, 4.69) is 15.0 Å². The second-order valence-electron chi connectivity index (χ2n) is 7.53. The molecule has 1 atom stereocenters. The zero-order valence-corrected chi connectivity index (χ0v) is 21.5. The van der Waals surface area contributed by atoms with Crippen molar-refractivity contribution in [2.24, 2.45) is 4.99 Å². The number of nitriles is 1. The highest BCUT2D eigenvalue weighted by Gasteiger charge is 2.24. The maximum atomic E-state index is 13.3. The topological polar surface area (TPSA) is 121 Å². The molecule has 3 aromatic rings. The standard InChI is InChI=1S/C26H26N4O4S2/c1-3-34-25(31)17-24(19-9-5-4-6-10-19)30-36(32,33)23-14-8-12-21(16-23)20-11-7-13-22(15-20)29-26(35-2)28-18-27/h4-16,24,30H,3,17H2,1-2H3,(H,28,29). The molecule has 3 rings (SSSR count). The van der Waals surface area contributed by atoms with Crippen molar-refractivity contribution in [1.29, 1.82) is 5.26 Å². The van der Waals surface area contributed by atoms with E-state index < -0.39 is 22.0 Å². The summed E-state index contributed by atoms with van der Waals surface area (Å²) in [6.07, 6.45) is 3.52. The fourth-order valence-corrected chi connectivity index (χ4v) is 5.06. The molecule has 0 aliphatic carbocycles. The Kier molecular flexibility index (Phi) is 9.64. The predicted octanol–water partition coefficient (Wildman–Crippen LogP) is 4.75. The zero-order valence-electron chi connectivity index (χ0n) is 19.8. The number of aliphatic imine (C=N–C) groups is 1. The van der Waals surface area contributed by atoms with Crippen molar-refractivity contribution in [2.45, 2.75) is 24.3 Å². The molecule has 0 aromatic heterocycles. The van der Waals surface area contributed by atoms with Crippen LogP contribution in [0.3, 0.4) is 0 Å². The van der Waals surface area contributed by atoms with Crippen LogP contribution in [-0.2, 0) is 19.6 Å². The Morgan fingerprint density at radius 2 is 1.75 bits per heavy atom. The molecule has 0 radical (unpaired) electrons. The van der Waals surface area contributed by atoms with Crippen LogP contribution in [0.4, 0.5) is 5.69 Å². The number of hydrogen-bond donors (Lipinski definition) is 2. The van der Waals surface area contributed by atoms with Gasteiger partial charge in [0, 0.05) is 0 Å². The summed E-state index contributed by atoms with van der Waals surface area (Å²) in [6.45, 7) is 1.91. The number of rotatable bonds is 9. The van der Waals surface area contributed by atoms with Crippen LogP contribution in [0, 0.1) is 11.5 Å². The molecule has 2 N–H and O–H groups in total. The normalized spacial score (nSPS) is 12.4. The van der Waals surface area contributed by atoms with Crippen LogP contribution in [0.5, 0.6) is 0 Å². The van der Waals surface area contributed by atoms with E-state index in [9.17, 15) is 13.2 Å². The summed E-state index contributed by atoms with van der Waals surface area (Å²) in [7, 11) is -3.97. The van der Waals surface area contributed by atoms with Gasteiger partial charge in [-0.2, -0.15) is 5.26 Å². The molecular weight excluding hydrogens is 496 g/mol. The Morgan fingerprint density at radius 1 is 1.06 bits per heavy atom. The van der Waals surface area contributed by atoms with Gasteiger partial charge in [-0.25, -0.2) is 18.1 Å². The minimum absolute atomic E-state index is 0.0645. The molecule has 0 aliphatic heterocycles. The molecule has 1 unspecified atom stereocenters. The van der Waals surface area contributed by atoms with Gasteiger partial charge in [0.25, 0.3) is 0 Å². The largest absolute Gasteiger partial charge is 0.466 e. The van der Waals surface area contributed by atoms with Crippen LogP contribution < -0.4 is 10.0 Å². The van der Waals surface area contributed by atoms with Crippen molar-refractivity contribution in [2.75, 3.05) is 12.9 Å². The number of sulfonamides is 1. The number of thioether (sulfide) groups is 1. The molecule has 0 saturated heterocycles. The van der Waals surface area contributed by atoms with Crippen LogP contribution in [-0.4, -0.2) is 32.4 Å². The highest BCUT2D eigenvalue weighted by atomic mass is 32.2. The summed E-state index contributed by atoms with van der Waals surface area (Å²) >= 11 is 1.30. The first-order valence-corrected chi connectivity index (χ1v) is 13.8. The van der Waals surface area contributed by atoms with Gasteiger partial charge < -0.3 is 4.74 Å². The first-order valence-electron chi connectivity index (χ1n) is 11.1. The number of carbonyl (C=O) groups excluding carboxylic acids is 1. The molecule has 36 heavy (non-hydrogen) atoms. The van der Waals surface area contributed by atoms with Gasteiger partial charge in [-0.15, -0.1) is 0 Å². The van der Waals surface area contributed by atoms with E-state index in [1.54, 1.807) is 61.7 Å². The summed E-state index contributed by atoms with van der Waals surface area (Å²) in [5, 5.41) is 11.8. The minimum atomic E-state index is -3.97. The van der Waals surface area contributed by atoms with Gasteiger partial charge in [-0.1, -0.05) is 66.4 Å². The SMILES string of the molecule is CCOC(=O)CC(NS(=O)(=O)c1cccc(-c2cccc(N=C(NC#N)SC)c2)c1)c1ccccc1. The molecule has 0 bridgehead atoms. The molecule has 3 aromatic carbocycles. The number of ether oxygens (including phenoxy) is 1. The van der Waals surface area contributed by atoms with Gasteiger partial charge in [0.15, 0.2) is 11.4 Å². The Hall–Kier alpha value is -3.65. The lowest BCUT2D eigenvalue weighted by molar-refractivity contribution is -0.143. The van der Waals surface area contributed by atoms with E-state index in [0.717, 1.165) is 5.56 Å². The van der Waals surface area contributed by atoms with E-state index in [4.69, 9.17) is 10.00 Å². The molecule has 186 valence electrons. The Morgan fingerprint density at radius 3 is 2.42 bits per heavy atom. The second kappa shape index (κ2) is 12.9. The first-order chi connectivity index (χ1) is 17.4. The smallest absolute Gasteiger partial charge is 0.307 e. The first kappa shape index (κ1) is 26.9. The van der Waals surface area contributed by atoms with Crippen molar-refractivity contribution in [3.05, 3.63) is 84.4 Å². The van der Waals surface area contributed by atoms with Crippen LogP contribution in [0.15, 0.2) is 88.8 Å². The third-order valence-electron chi connectivity index (χ3n) is 5.09. The van der Waals surface area contributed by atoms with Gasteiger partial charge >= 0.3 is 5.97 Å². The number of nitrogens with zero attached hydrogens (tertiary/aromatic N) is 2. The Labute approximate surface area is 215 Å². The summed E-state index contributed by atoms with van der Waals surface area (Å²) in [5.41, 5.74) is 2.71. The number of esters is 1. The molecule has 10 heteroatoms. The number of hydrogen-bond acceptors (Lipinski definition) is 7. The maximum absolute atomic E-state index is 13.3. The number of carbonyl (C=O) groups is 1. The lowest BCUT2D eigenvalue weighted by atomic mass is 10.1. The number of nitrogens with one attached hydrogen (secondary N) is 2. The van der Waals surface area contributed by atoms with Crippen LogP contribution in [0.2, 0.25) is 0 Å². The number of amidine groups is 1. The molecule has 0 heterocycles. The summed E-state index contributed by atoms with van der Waals surface area (Å²) in [6, 6.07) is 21.9. The third-order valence-corrected chi connectivity index (χ3v) is 7.14. The third kappa shape index (κ3) is 7.42. The minimum Gasteiger partial charge on any atom is -0.466 e. The zero-order chi connectivity index (χ0) is 26.0. The van der Waals surface area contributed by atoms with Gasteiger partial charge in [-0.05, 0) is 54.1 Å². The molecule has 0 saturated carbocycles. The molecule has 8 nitrogen and oxygen atoms in total. The van der Waals surface area contributed by atoms with E-state index in [0.29, 0.717) is 22.0 Å². The van der Waals surface area contributed by atoms with Crippen molar-refractivity contribution >= 4 is 38.6 Å². The molecule has 0 spiro atoms. The molecule has 0 fully saturated rings. The fourth-order valence-electron chi connectivity index (χ4n) is 3.44. The van der Waals surface area contributed by atoms with Crippen LogP contribution >= 0.6 is 11.8 Å². The highest BCUT2D eigenvalue weighted by Crippen LogP contribution is 2.28. The maximum Gasteiger partial charge on any atom is 0.307 e. The second-order valence-corrected chi connectivity index (χ2v) is 10.0. The van der Waals surface area contributed by atoms with E-state index >= 15 is 0 Å². The summed E-state index contributed by atoms with van der Waals surface area (Å²) in [4.78, 5) is 16.6. The van der Waals surface area contributed by atoms with Crippen LogP contribution in [0.25, 0.3) is 11.1 Å². The summed E-state index contributed by atoms with van der Waals surface area (Å²) < 4.78 is 34.4. The fraction of sp³-hybridized carbons (Fsp3) is 0.192. The lowest BCUT2D eigenvalue weighted by Crippen LogP contribution is -2.30. The molecule has 0 aliphatic rings. The van der Waals surface area contributed by atoms with E-state index in [-0.39, 0.29) is 17.9 Å². The van der Waals surface area contributed by atoms with Gasteiger partial charge in [0.1, 0.15) is 0 Å². The Bertz CT molecular complexity index is 1370. The van der Waals surface area contributed by atoms with Gasteiger partial charge in [-0.3, -0.25) is 10.1 Å². The van der Waals surface area contributed by atoms with Gasteiger partial charge in [0.2, 0.25) is 10.0 Å². The quantitative estimate of drug-likeness (QED) is 0.137. The average Bonchev–Trinajstić information content (AvgIpc) is 2.89. The summed E-state index contributed by atoms with van der Waals surface area (Å²) in [5.74, 6) is -0.490. The van der Waals surface area contributed by atoms with Crippen LogP contribution in [0.1, 0.15) is 24.9 Å². The molecular formula is C26H26N4O4S2. The number of benzene rings is 3. The van der Waals surface area contributed by atoms with Crippen molar-refractivity contribution in [3.63, 3.8) is 0 Å². The van der Waals surface area contributed by atoms with Crippen molar-refractivity contribution < 1.29 is 17.9 Å². The van der Waals surface area contributed by atoms with E-state index in [1.165, 1.54) is 17.8 Å². The van der Waals surface area contributed by atoms with Gasteiger partial charge in [0.05, 0.1) is 29.7 Å². The van der Waals surface area contributed by atoms with E-state index in [1.807, 2.05) is 30.5 Å². The average molecular weight is 523 g/mol. The monoisotopic (exact) mass is 522 g/mol. The van der Waals surface area contributed by atoms with Crippen molar-refractivity contribution in [1.82, 2.24) is 10.0 Å². The lowest BCUT2D eigenvalue weighted by Gasteiger charge is -2.19. The molecule has 0 amide bonds. The Balaban J connectivity index is 1.91. The van der Waals surface area contributed by atoms with Crippen molar-refractivity contribution in [3.8, 4) is 17.3 Å². The predicted molar refractivity (Wildman–Crippen MR) is 142 cm³/mol. The highest BCUT2D eigenvalue weighted by molar-refractivity contribution is 8.13.